The van der Waals surface area contributed by atoms with Gasteiger partial charge in [-0.15, -0.1) is 12.4 Å². The molecule has 2 rings (SSSR count). The summed E-state index contributed by atoms with van der Waals surface area (Å²) in [4.78, 5) is 39.3. The summed E-state index contributed by atoms with van der Waals surface area (Å²) < 4.78 is 9.83. The number of esters is 2. The minimum Gasteiger partial charge on any atom is -0.508 e. The number of H-pyrrole nitrogens is 1. The highest BCUT2D eigenvalue weighted by atomic mass is 35.5. The summed E-state index contributed by atoms with van der Waals surface area (Å²) in [6.45, 7) is 3.72. The standard InChI is InChI=1S/C20H27N3O6.ClH/c1-3-28-18(25)8-7-17(20(27)29-4-2)23-19(26)15(21)9-12-11-22-16-6-5-13(24)10-14(12)16;/h5-6,10-11,15,17,22,24H,3-4,7-9,21H2,1-2H3,(H,23,26);1H/t15-,17-;/m0./s1. The summed E-state index contributed by atoms with van der Waals surface area (Å²) >= 11 is 0. The highest BCUT2D eigenvalue weighted by Gasteiger charge is 2.26. The summed E-state index contributed by atoms with van der Waals surface area (Å²) in [7, 11) is 0. The number of carbonyl (C=O) groups is 3. The minimum absolute atomic E-state index is 0. The van der Waals surface area contributed by atoms with E-state index in [4.69, 9.17) is 15.2 Å². The number of phenolic OH excluding ortho intramolecular Hbond substituents is 1. The van der Waals surface area contributed by atoms with E-state index in [9.17, 15) is 19.5 Å². The monoisotopic (exact) mass is 441 g/mol. The summed E-state index contributed by atoms with van der Waals surface area (Å²) in [5.41, 5.74) is 7.60. The number of nitrogens with one attached hydrogen (secondary N) is 2. The molecule has 2 atom stereocenters. The van der Waals surface area contributed by atoms with Crippen molar-refractivity contribution >= 4 is 41.2 Å². The maximum absolute atomic E-state index is 12.5. The number of benzene rings is 1. The van der Waals surface area contributed by atoms with Gasteiger partial charge in [0, 0.05) is 23.5 Å². The molecule has 166 valence electrons. The number of nitrogens with two attached hydrogens (primary N) is 1. The minimum atomic E-state index is -0.995. The van der Waals surface area contributed by atoms with Gasteiger partial charge in [-0.1, -0.05) is 0 Å². The van der Waals surface area contributed by atoms with E-state index in [1.165, 1.54) is 0 Å². The number of hydrogen-bond donors (Lipinski definition) is 4. The van der Waals surface area contributed by atoms with E-state index < -0.39 is 29.9 Å². The lowest BCUT2D eigenvalue weighted by atomic mass is 10.0. The Kier molecular flexibility index (Phi) is 10.1. The second-order valence-corrected chi connectivity index (χ2v) is 6.51. The molecular weight excluding hydrogens is 414 g/mol. The molecule has 1 amide bonds. The van der Waals surface area contributed by atoms with Gasteiger partial charge < -0.3 is 30.6 Å². The SMILES string of the molecule is CCOC(=O)CC[C@H](NC(=O)[C@@H](N)Cc1c[nH]c2ccc(O)cc12)C(=O)OCC.Cl. The molecule has 0 fully saturated rings. The Morgan fingerprint density at radius 3 is 2.57 bits per heavy atom. The van der Waals surface area contributed by atoms with Gasteiger partial charge in [-0.25, -0.2) is 4.79 Å². The molecule has 0 bridgehead atoms. The third kappa shape index (κ3) is 6.93. The van der Waals surface area contributed by atoms with E-state index in [1.807, 2.05) is 0 Å². The number of aromatic hydroxyl groups is 1. The summed E-state index contributed by atoms with van der Waals surface area (Å²) in [5.74, 6) is -1.52. The van der Waals surface area contributed by atoms with Crippen LogP contribution in [0.5, 0.6) is 5.75 Å². The molecule has 0 aliphatic heterocycles. The van der Waals surface area contributed by atoms with Gasteiger partial charge in [0.25, 0.3) is 0 Å². The van der Waals surface area contributed by atoms with Crippen LogP contribution in [0.15, 0.2) is 24.4 Å². The number of ether oxygens (including phenoxy) is 2. The van der Waals surface area contributed by atoms with Gasteiger partial charge in [0.1, 0.15) is 11.8 Å². The largest absolute Gasteiger partial charge is 0.508 e. The van der Waals surface area contributed by atoms with Crippen molar-refractivity contribution in [2.45, 2.75) is 45.2 Å². The number of aromatic nitrogens is 1. The van der Waals surface area contributed by atoms with E-state index in [2.05, 4.69) is 10.3 Å². The van der Waals surface area contributed by atoms with Crippen LogP contribution in [-0.4, -0.2) is 53.2 Å². The maximum Gasteiger partial charge on any atom is 0.328 e. The summed E-state index contributed by atoms with van der Waals surface area (Å²) in [6.07, 6.45) is 1.94. The van der Waals surface area contributed by atoms with Gasteiger partial charge in [-0.05, 0) is 50.5 Å². The Morgan fingerprint density at radius 1 is 1.20 bits per heavy atom. The van der Waals surface area contributed by atoms with Crippen molar-refractivity contribution in [3.8, 4) is 5.75 Å². The molecule has 10 heteroatoms. The molecule has 1 aromatic heterocycles. The zero-order valence-corrected chi connectivity index (χ0v) is 17.8. The average Bonchev–Trinajstić information content (AvgIpc) is 3.07. The van der Waals surface area contributed by atoms with E-state index >= 15 is 0 Å². The molecule has 30 heavy (non-hydrogen) atoms. The third-order valence-corrected chi connectivity index (χ3v) is 4.36. The molecule has 0 saturated heterocycles. The number of rotatable bonds is 10. The number of hydrogen-bond acceptors (Lipinski definition) is 7. The lowest BCUT2D eigenvalue weighted by Crippen LogP contribution is -2.49. The molecular formula is C20H28ClN3O6. The average molecular weight is 442 g/mol. The van der Waals surface area contributed by atoms with Gasteiger partial charge in [-0.3, -0.25) is 9.59 Å². The van der Waals surface area contributed by atoms with Crippen LogP contribution in [0, 0.1) is 0 Å². The van der Waals surface area contributed by atoms with Crippen LogP contribution in [0.1, 0.15) is 32.3 Å². The van der Waals surface area contributed by atoms with Crippen molar-refractivity contribution in [3.63, 3.8) is 0 Å². The molecule has 1 heterocycles. The van der Waals surface area contributed by atoms with Crippen LogP contribution < -0.4 is 11.1 Å². The van der Waals surface area contributed by atoms with E-state index in [0.717, 1.165) is 16.5 Å². The fourth-order valence-corrected chi connectivity index (χ4v) is 2.93. The molecule has 9 nitrogen and oxygen atoms in total. The van der Waals surface area contributed by atoms with Crippen molar-refractivity contribution in [3.05, 3.63) is 30.0 Å². The summed E-state index contributed by atoms with van der Waals surface area (Å²) in [6, 6.07) is 2.95. The molecule has 0 aliphatic carbocycles. The maximum atomic E-state index is 12.5. The van der Waals surface area contributed by atoms with Crippen LogP contribution >= 0.6 is 12.4 Å². The van der Waals surface area contributed by atoms with Crippen LogP contribution in [0.25, 0.3) is 10.9 Å². The fourth-order valence-electron chi connectivity index (χ4n) is 2.93. The molecule has 0 radical (unpaired) electrons. The Balaban J connectivity index is 0.00000450. The van der Waals surface area contributed by atoms with Gasteiger partial charge in [0.2, 0.25) is 5.91 Å². The topological polar surface area (TPSA) is 144 Å². The molecule has 2 aromatic rings. The molecule has 0 spiro atoms. The van der Waals surface area contributed by atoms with Gasteiger partial charge >= 0.3 is 11.9 Å². The quantitative estimate of drug-likeness (QED) is 0.409. The molecule has 1 aromatic carbocycles. The van der Waals surface area contributed by atoms with Crippen molar-refractivity contribution in [1.82, 2.24) is 10.3 Å². The second kappa shape index (κ2) is 12.0. The Labute approximate surface area is 180 Å². The first-order valence-corrected chi connectivity index (χ1v) is 9.52. The van der Waals surface area contributed by atoms with Crippen LogP contribution in [0.2, 0.25) is 0 Å². The Bertz CT molecular complexity index is 869. The molecule has 0 unspecified atom stereocenters. The summed E-state index contributed by atoms with van der Waals surface area (Å²) in [5, 5.41) is 13.0. The van der Waals surface area contributed by atoms with Crippen molar-refractivity contribution in [2.24, 2.45) is 5.73 Å². The smallest absolute Gasteiger partial charge is 0.328 e. The Hall–Kier alpha value is -2.78. The van der Waals surface area contributed by atoms with Crippen LogP contribution in [0.3, 0.4) is 0 Å². The van der Waals surface area contributed by atoms with Gasteiger partial charge in [0.05, 0.1) is 19.3 Å². The number of carbonyl (C=O) groups excluding carboxylic acids is 3. The lowest BCUT2D eigenvalue weighted by molar-refractivity contribution is -0.149. The van der Waals surface area contributed by atoms with E-state index in [0.29, 0.717) is 0 Å². The van der Waals surface area contributed by atoms with E-state index in [1.54, 1.807) is 38.2 Å². The van der Waals surface area contributed by atoms with Crippen LogP contribution in [0.4, 0.5) is 0 Å². The number of fused-ring (bicyclic) bond motifs is 1. The fraction of sp³-hybridized carbons (Fsp3) is 0.450. The van der Waals surface area contributed by atoms with Crippen molar-refractivity contribution in [1.29, 1.82) is 0 Å². The lowest BCUT2D eigenvalue weighted by Gasteiger charge is -2.19. The second-order valence-electron chi connectivity index (χ2n) is 6.51. The predicted octanol–water partition coefficient (Wildman–Crippen LogP) is 1.56. The normalized spacial score (nSPS) is 12.5. The third-order valence-electron chi connectivity index (χ3n) is 4.36. The molecule has 5 N–H and O–H groups in total. The zero-order chi connectivity index (χ0) is 21.4. The van der Waals surface area contributed by atoms with Crippen molar-refractivity contribution in [2.75, 3.05) is 13.2 Å². The number of aromatic amines is 1. The van der Waals surface area contributed by atoms with E-state index in [-0.39, 0.29) is 50.6 Å². The highest BCUT2D eigenvalue weighted by Crippen LogP contribution is 2.23. The van der Waals surface area contributed by atoms with Gasteiger partial charge in [0.15, 0.2) is 0 Å². The predicted molar refractivity (Wildman–Crippen MR) is 113 cm³/mol. The first kappa shape index (κ1) is 25.3. The number of halogens is 1. The molecule has 0 saturated carbocycles. The molecule has 0 aliphatic rings. The van der Waals surface area contributed by atoms with Gasteiger partial charge in [-0.2, -0.15) is 0 Å². The van der Waals surface area contributed by atoms with Crippen molar-refractivity contribution < 1.29 is 29.0 Å². The van der Waals surface area contributed by atoms with Crippen LogP contribution in [-0.2, 0) is 30.3 Å². The first-order valence-electron chi connectivity index (χ1n) is 9.52. The highest BCUT2D eigenvalue weighted by molar-refractivity contribution is 5.89. The number of phenols is 1. The zero-order valence-electron chi connectivity index (χ0n) is 17.0. The number of amides is 1. The Morgan fingerprint density at radius 2 is 1.90 bits per heavy atom. The first-order chi connectivity index (χ1) is 13.8.